The number of nitrogens with one attached hydrogen (secondary N) is 1. The van der Waals surface area contributed by atoms with Crippen LogP contribution in [-0.4, -0.2) is 13.6 Å². The lowest BCUT2D eigenvalue weighted by molar-refractivity contribution is 0.851. The Hall–Kier alpha value is -0.500. The molecule has 82 valence electrons. The molecule has 0 amide bonds. The Morgan fingerprint density at radius 3 is 2.73 bits per heavy atom. The van der Waals surface area contributed by atoms with Crippen LogP contribution in [0.1, 0.15) is 18.9 Å². The molecule has 1 aromatic carbocycles. The molecule has 0 saturated heterocycles. The zero-order chi connectivity index (χ0) is 11.3. The first-order valence-electron chi connectivity index (χ1n) is 4.97. The van der Waals surface area contributed by atoms with Crippen molar-refractivity contribution in [3.63, 3.8) is 0 Å². The number of benzene rings is 1. The highest BCUT2D eigenvalue weighted by molar-refractivity contribution is 6.42. The first kappa shape index (κ1) is 12.6. The van der Waals surface area contributed by atoms with Crippen molar-refractivity contribution in [2.45, 2.75) is 13.3 Å². The monoisotopic (exact) mass is 243 g/mol. The SMILES string of the molecule is CCC(=Cc1cccc(Cl)c1Cl)CNC. The van der Waals surface area contributed by atoms with Crippen LogP contribution in [0.2, 0.25) is 10.0 Å². The Kier molecular flexibility index (Phi) is 5.16. The summed E-state index contributed by atoms with van der Waals surface area (Å²) in [6, 6.07) is 5.68. The lowest BCUT2D eigenvalue weighted by Gasteiger charge is -2.05. The van der Waals surface area contributed by atoms with Crippen LogP contribution >= 0.6 is 23.2 Å². The minimum Gasteiger partial charge on any atom is -0.316 e. The summed E-state index contributed by atoms with van der Waals surface area (Å²) in [7, 11) is 1.93. The van der Waals surface area contributed by atoms with E-state index in [-0.39, 0.29) is 0 Å². The Morgan fingerprint density at radius 1 is 1.40 bits per heavy atom. The smallest absolute Gasteiger partial charge is 0.0664 e. The summed E-state index contributed by atoms with van der Waals surface area (Å²) in [4.78, 5) is 0. The highest BCUT2D eigenvalue weighted by Crippen LogP contribution is 2.27. The molecule has 1 aromatic rings. The Balaban J connectivity index is 3.00. The van der Waals surface area contributed by atoms with Crippen LogP contribution in [-0.2, 0) is 0 Å². The Labute approximate surface area is 101 Å². The summed E-state index contributed by atoms with van der Waals surface area (Å²) < 4.78 is 0. The van der Waals surface area contributed by atoms with Crippen LogP contribution in [0.4, 0.5) is 0 Å². The van der Waals surface area contributed by atoms with Crippen molar-refractivity contribution in [1.29, 1.82) is 0 Å². The molecule has 15 heavy (non-hydrogen) atoms. The van der Waals surface area contributed by atoms with Gasteiger partial charge in [0.15, 0.2) is 0 Å². The molecule has 1 N–H and O–H groups in total. The third kappa shape index (κ3) is 3.53. The van der Waals surface area contributed by atoms with Crippen LogP contribution < -0.4 is 5.32 Å². The first-order valence-corrected chi connectivity index (χ1v) is 5.72. The minimum atomic E-state index is 0.602. The van der Waals surface area contributed by atoms with E-state index in [1.165, 1.54) is 5.57 Å². The predicted molar refractivity (Wildman–Crippen MR) is 68.7 cm³/mol. The van der Waals surface area contributed by atoms with Crippen LogP contribution in [0.15, 0.2) is 23.8 Å². The van der Waals surface area contributed by atoms with Crippen molar-refractivity contribution < 1.29 is 0 Å². The van der Waals surface area contributed by atoms with E-state index < -0.39 is 0 Å². The summed E-state index contributed by atoms with van der Waals surface area (Å²) >= 11 is 12.0. The number of hydrogen-bond donors (Lipinski definition) is 1. The van der Waals surface area contributed by atoms with E-state index in [4.69, 9.17) is 23.2 Å². The highest BCUT2D eigenvalue weighted by Gasteiger charge is 2.02. The Morgan fingerprint density at radius 2 is 2.13 bits per heavy atom. The van der Waals surface area contributed by atoms with Gasteiger partial charge in [-0.25, -0.2) is 0 Å². The molecule has 1 nitrogen and oxygen atoms in total. The molecule has 0 spiro atoms. The largest absolute Gasteiger partial charge is 0.316 e. The molecule has 0 heterocycles. The summed E-state index contributed by atoms with van der Waals surface area (Å²) in [5, 5.41) is 4.36. The molecular formula is C12H15Cl2N. The lowest BCUT2D eigenvalue weighted by Crippen LogP contribution is -2.09. The molecule has 0 unspecified atom stereocenters. The zero-order valence-corrected chi connectivity index (χ0v) is 10.5. The van der Waals surface area contributed by atoms with Gasteiger partial charge in [-0.3, -0.25) is 0 Å². The van der Waals surface area contributed by atoms with Gasteiger partial charge in [0.05, 0.1) is 10.0 Å². The number of likely N-dealkylation sites (N-methyl/N-ethyl adjacent to an activating group) is 1. The summed E-state index contributed by atoms with van der Waals surface area (Å²) in [6.07, 6.45) is 3.09. The van der Waals surface area contributed by atoms with Gasteiger partial charge in [-0.2, -0.15) is 0 Å². The maximum atomic E-state index is 6.10. The van der Waals surface area contributed by atoms with Crippen molar-refractivity contribution in [2.24, 2.45) is 0 Å². The summed E-state index contributed by atoms with van der Waals surface area (Å²) in [6.45, 7) is 3.00. The highest BCUT2D eigenvalue weighted by atomic mass is 35.5. The van der Waals surface area contributed by atoms with Gasteiger partial charge < -0.3 is 5.32 Å². The van der Waals surface area contributed by atoms with Gasteiger partial charge in [-0.1, -0.05) is 53.9 Å². The van der Waals surface area contributed by atoms with Crippen LogP contribution in [0, 0.1) is 0 Å². The van der Waals surface area contributed by atoms with E-state index in [9.17, 15) is 0 Å². The molecule has 0 saturated carbocycles. The van der Waals surface area contributed by atoms with Crippen molar-refractivity contribution in [3.8, 4) is 0 Å². The standard InChI is InChI=1S/C12H15Cl2N/c1-3-9(8-15-2)7-10-5-4-6-11(13)12(10)14/h4-7,15H,3,8H2,1-2H3. The van der Waals surface area contributed by atoms with Gasteiger partial charge in [0.25, 0.3) is 0 Å². The molecule has 0 atom stereocenters. The van der Waals surface area contributed by atoms with Gasteiger partial charge in [-0.15, -0.1) is 0 Å². The van der Waals surface area contributed by atoms with Gasteiger partial charge in [-0.05, 0) is 25.1 Å². The molecular weight excluding hydrogens is 229 g/mol. The first-order chi connectivity index (χ1) is 7.19. The third-order valence-electron chi connectivity index (χ3n) is 2.20. The minimum absolute atomic E-state index is 0.602. The van der Waals surface area contributed by atoms with Crippen LogP contribution in [0.5, 0.6) is 0 Å². The van der Waals surface area contributed by atoms with E-state index in [0.29, 0.717) is 10.0 Å². The van der Waals surface area contributed by atoms with Gasteiger partial charge in [0.1, 0.15) is 0 Å². The quantitative estimate of drug-likeness (QED) is 0.843. The maximum Gasteiger partial charge on any atom is 0.0664 e. The number of halogens is 2. The summed E-state index contributed by atoms with van der Waals surface area (Å²) in [5.74, 6) is 0. The molecule has 0 aliphatic rings. The zero-order valence-electron chi connectivity index (χ0n) is 8.98. The average molecular weight is 244 g/mol. The van der Waals surface area contributed by atoms with Gasteiger partial charge in [0.2, 0.25) is 0 Å². The topological polar surface area (TPSA) is 12.0 Å². The normalized spacial score (nSPS) is 11.9. The predicted octanol–water partition coefficient (Wildman–Crippen LogP) is 4.01. The van der Waals surface area contributed by atoms with Crippen molar-refractivity contribution in [1.82, 2.24) is 5.32 Å². The number of hydrogen-bond acceptors (Lipinski definition) is 1. The van der Waals surface area contributed by atoms with Crippen LogP contribution in [0.3, 0.4) is 0 Å². The lowest BCUT2D eigenvalue weighted by atomic mass is 10.1. The average Bonchev–Trinajstić information content (AvgIpc) is 2.24. The number of rotatable bonds is 4. The molecule has 0 aliphatic heterocycles. The molecule has 3 heteroatoms. The maximum absolute atomic E-state index is 6.10. The van der Waals surface area contributed by atoms with E-state index in [2.05, 4.69) is 18.3 Å². The second kappa shape index (κ2) is 6.16. The molecule has 1 rings (SSSR count). The third-order valence-corrected chi connectivity index (χ3v) is 3.03. The van der Waals surface area contributed by atoms with E-state index in [1.54, 1.807) is 6.07 Å². The molecule has 0 aliphatic carbocycles. The van der Waals surface area contributed by atoms with E-state index in [1.807, 2.05) is 19.2 Å². The molecule has 0 fully saturated rings. The summed E-state index contributed by atoms with van der Waals surface area (Å²) in [5.41, 5.74) is 2.29. The molecule has 0 aromatic heterocycles. The molecule has 0 radical (unpaired) electrons. The van der Waals surface area contributed by atoms with E-state index in [0.717, 1.165) is 18.5 Å². The second-order valence-corrected chi connectivity index (χ2v) is 4.11. The van der Waals surface area contributed by atoms with Gasteiger partial charge >= 0.3 is 0 Å². The Bertz CT molecular complexity index is 359. The van der Waals surface area contributed by atoms with E-state index >= 15 is 0 Å². The fourth-order valence-corrected chi connectivity index (χ4v) is 1.72. The molecule has 0 bridgehead atoms. The van der Waals surface area contributed by atoms with Crippen molar-refractivity contribution in [2.75, 3.05) is 13.6 Å². The second-order valence-electron chi connectivity index (χ2n) is 3.33. The fraction of sp³-hybridized carbons (Fsp3) is 0.333. The van der Waals surface area contributed by atoms with Crippen molar-refractivity contribution in [3.05, 3.63) is 39.4 Å². The van der Waals surface area contributed by atoms with Crippen molar-refractivity contribution >= 4 is 29.3 Å². The van der Waals surface area contributed by atoms with Crippen LogP contribution in [0.25, 0.3) is 6.08 Å². The fourth-order valence-electron chi connectivity index (χ4n) is 1.36. The van der Waals surface area contributed by atoms with Gasteiger partial charge in [0, 0.05) is 6.54 Å².